The van der Waals surface area contributed by atoms with Crippen molar-refractivity contribution in [3.8, 4) is 0 Å². The maximum Gasteiger partial charge on any atom is 0.159 e. The Labute approximate surface area is 100 Å². The number of hydrogen-bond donors (Lipinski definition) is 1. The quantitative estimate of drug-likeness (QED) is 0.802. The van der Waals surface area contributed by atoms with Crippen LogP contribution in [0, 0.1) is 11.6 Å². The minimum absolute atomic E-state index is 0.0693. The maximum absolute atomic E-state index is 13.0. The summed E-state index contributed by atoms with van der Waals surface area (Å²) in [5, 5.41) is 0. The summed E-state index contributed by atoms with van der Waals surface area (Å²) in [6.07, 6.45) is 7.28. The highest BCUT2D eigenvalue weighted by Crippen LogP contribution is 2.21. The van der Waals surface area contributed by atoms with Crippen LogP contribution >= 0.6 is 0 Å². The van der Waals surface area contributed by atoms with Gasteiger partial charge in [-0.1, -0.05) is 17.7 Å². The van der Waals surface area contributed by atoms with E-state index in [1.54, 1.807) is 6.07 Å². The number of benzene rings is 1. The maximum atomic E-state index is 13.0. The van der Waals surface area contributed by atoms with Crippen LogP contribution in [0.25, 0.3) is 0 Å². The number of nitrogens with two attached hydrogens (primary N) is 1. The van der Waals surface area contributed by atoms with Gasteiger partial charge in [0.05, 0.1) is 0 Å². The van der Waals surface area contributed by atoms with Gasteiger partial charge >= 0.3 is 0 Å². The second-order valence-electron chi connectivity index (χ2n) is 4.58. The molecule has 1 aliphatic rings. The molecule has 1 aromatic rings. The van der Waals surface area contributed by atoms with Crippen LogP contribution in [0.2, 0.25) is 0 Å². The molecule has 92 valence electrons. The van der Waals surface area contributed by atoms with E-state index in [0.29, 0.717) is 6.42 Å². The van der Waals surface area contributed by atoms with Crippen molar-refractivity contribution in [2.75, 3.05) is 0 Å². The molecule has 1 atom stereocenters. The fourth-order valence-electron chi connectivity index (χ4n) is 2.25. The van der Waals surface area contributed by atoms with Crippen LogP contribution in [0.3, 0.4) is 0 Å². The zero-order valence-corrected chi connectivity index (χ0v) is 9.76. The first-order chi connectivity index (χ1) is 8.16. The number of rotatable bonds is 3. The predicted octanol–water partition coefficient (Wildman–Crippen LogP) is 3.34. The molecule has 0 saturated heterocycles. The van der Waals surface area contributed by atoms with E-state index in [1.807, 2.05) is 0 Å². The largest absolute Gasteiger partial charge is 0.324 e. The molecule has 0 aliphatic heterocycles. The fraction of sp³-hybridized carbons (Fsp3) is 0.429. The molecule has 0 amide bonds. The molecule has 17 heavy (non-hydrogen) atoms. The summed E-state index contributed by atoms with van der Waals surface area (Å²) in [5.41, 5.74) is 8.09. The summed E-state index contributed by atoms with van der Waals surface area (Å²) < 4.78 is 25.8. The van der Waals surface area contributed by atoms with Gasteiger partial charge < -0.3 is 5.73 Å². The van der Waals surface area contributed by atoms with Gasteiger partial charge in [-0.25, -0.2) is 8.78 Å². The lowest BCUT2D eigenvalue weighted by Gasteiger charge is -2.19. The van der Waals surface area contributed by atoms with Gasteiger partial charge in [-0.2, -0.15) is 0 Å². The van der Waals surface area contributed by atoms with Crippen LogP contribution in [0.5, 0.6) is 0 Å². The molecule has 1 nitrogen and oxygen atoms in total. The monoisotopic (exact) mass is 237 g/mol. The van der Waals surface area contributed by atoms with Crippen molar-refractivity contribution >= 4 is 0 Å². The van der Waals surface area contributed by atoms with E-state index in [4.69, 9.17) is 5.73 Å². The van der Waals surface area contributed by atoms with Gasteiger partial charge in [-0.3, -0.25) is 0 Å². The van der Waals surface area contributed by atoms with Gasteiger partial charge in [0.2, 0.25) is 0 Å². The highest BCUT2D eigenvalue weighted by Gasteiger charge is 2.13. The molecule has 2 rings (SSSR count). The van der Waals surface area contributed by atoms with Crippen molar-refractivity contribution in [1.82, 2.24) is 0 Å². The molecule has 3 heteroatoms. The number of halogens is 2. The Kier molecular flexibility index (Phi) is 3.89. The summed E-state index contributed by atoms with van der Waals surface area (Å²) in [5.74, 6) is -1.61. The Morgan fingerprint density at radius 1 is 1.18 bits per heavy atom. The summed E-state index contributed by atoms with van der Waals surface area (Å²) in [7, 11) is 0. The first-order valence-electron chi connectivity index (χ1n) is 6.05. The molecule has 0 saturated carbocycles. The van der Waals surface area contributed by atoms with Gasteiger partial charge in [0.15, 0.2) is 11.6 Å². The van der Waals surface area contributed by atoms with E-state index in [1.165, 1.54) is 24.5 Å². The Hall–Kier alpha value is -1.22. The van der Waals surface area contributed by atoms with Crippen molar-refractivity contribution in [2.24, 2.45) is 5.73 Å². The van der Waals surface area contributed by atoms with Gasteiger partial charge in [-0.05, 0) is 49.8 Å². The summed E-state index contributed by atoms with van der Waals surface area (Å²) >= 11 is 0. The predicted molar refractivity (Wildman–Crippen MR) is 64.6 cm³/mol. The second-order valence-corrected chi connectivity index (χ2v) is 4.58. The zero-order chi connectivity index (χ0) is 12.3. The van der Waals surface area contributed by atoms with Crippen molar-refractivity contribution in [1.29, 1.82) is 0 Å². The van der Waals surface area contributed by atoms with E-state index >= 15 is 0 Å². The molecule has 0 fully saturated rings. The number of hydrogen-bond acceptors (Lipinski definition) is 1. The van der Waals surface area contributed by atoms with E-state index in [0.717, 1.165) is 24.5 Å². The van der Waals surface area contributed by atoms with Crippen molar-refractivity contribution in [3.63, 3.8) is 0 Å². The van der Waals surface area contributed by atoms with Gasteiger partial charge in [-0.15, -0.1) is 0 Å². The lowest BCUT2D eigenvalue weighted by atomic mass is 9.91. The normalized spacial score (nSPS) is 17.7. The molecular weight excluding hydrogens is 220 g/mol. The Morgan fingerprint density at radius 2 is 2.00 bits per heavy atom. The second kappa shape index (κ2) is 5.41. The molecule has 1 aromatic carbocycles. The molecule has 0 spiro atoms. The fourth-order valence-corrected chi connectivity index (χ4v) is 2.25. The van der Waals surface area contributed by atoms with Crippen LogP contribution in [-0.2, 0) is 6.42 Å². The molecule has 0 aromatic heterocycles. The van der Waals surface area contributed by atoms with Crippen molar-refractivity contribution < 1.29 is 8.78 Å². The lowest BCUT2D eigenvalue weighted by Crippen LogP contribution is -2.26. The molecule has 0 heterocycles. The molecule has 0 bridgehead atoms. The van der Waals surface area contributed by atoms with Crippen LogP contribution in [0.15, 0.2) is 29.8 Å². The van der Waals surface area contributed by atoms with Crippen LogP contribution in [-0.4, -0.2) is 6.04 Å². The molecule has 1 unspecified atom stereocenters. The van der Waals surface area contributed by atoms with Crippen LogP contribution < -0.4 is 5.73 Å². The summed E-state index contributed by atoms with van der Waals surface area (Å²) in [4.78, 5) is 0. The first-order valence-corrected chi connectivity index (χ1v) is 6.05. The smallest absolute Gasteiger partial charge is 0.159 e. The van der Waals surface area contributed by atoms with Crippen LogP contribution in [0.4, 0.5) is 8.78 Å². The highest BCUT2D eigenvalue weighted by molar-refractivity contribution is 5.23. The third kappa shape index (κ3) is 3.13. The average Bonchev–Trinajstić information content (AvgIpc) is 2.35. The van der Waals surface area contributed by atoms with Crippen molar-refractivity contribution in [3.05, 3.63) is 47.0 Å². The van der Waals surface area contributed by atoms with Crippen molar-refractivity contribution in [2.45, 2.75) is 38.1 Å². The third-order valence-electron chi connectivity index (χ3n) is 3.24. The molecule has 0 radical (unpaired) electrons. The Balaban J connectivity index is 2.04. The van der Waals surface area contributed by atoms with Gasteiger partial charge in [0.1, 0.15) is 0 Å². The van der Waals surface area contributed by atoms with Gasteiger partial charge in [0.25, 0.3) is 0 Å². The third-order valence-corrected chi connectivity index (χ3v) is 3.24. The standard InChI is InChI=1S/C14H17F2N/c15-12-7-6-10(8-13(12)16)9-14(17)11-4-2-1-3-5-11/h4,6-8,14H,1-3,5,9,17H2. The minimum Gasteiger partial charge on any atom is -0.324 e. The minimum atomic E-state index is -0.806. The topological polar surface area (TPSA) is 26.0 Å². The van der Waals surface area contributed by atoms with E-state index < -0.39 is 11.6 Å². The van der Waals surface area contributed by atoms with Gasteiger partial charge in [0, 0.05) is 6.04 Å². The molecule has 1 aliphatic carbocycles. The summed E-state index contributed by atoms with van der Waals surface area (Å²) in [6, 6.07) is 3.92. The SMILES string of the molecule is NC(Cc1ccc(F)c(F)c1)C1=CCCCC1. The highest BCUT2D eigenvalue weighted by atomic mass is 19.2. The zero-order valence-electron chi connectivity index (χ0n) is 9.76. The average molecular weight is 237 g/mol. The molecular formula is C14H17F2N. The molecule has 2 N–H and O–H groups in total. The number of allylic oxidation sites excluding steroid dienone is 1. The first kappa shape index (κ1) is 12.2. The lowest BCUT2D eigenvalue weighted by molar-refractivity contribution is 0.506. The van der Waals surface area contributed by atoms with Crippen LogP contribution in [0.1, 0.15) is 31.2 Å². The summed E-state index contributed by atoms with van der Waals surface area (Å²) in [6.45, 7) is 0. The van der Waals surface area contributed by atoms with E-state index in [9.17, 15) is 8.78 Å². The Morgan fingerprint density at radius 3 is 2.65 bits per heavy atom. The van der Waals surface area contributed by atoms with E-state index in [-0.39, 0.29) is 6.04 Å². The van der Waals surface area contributed by atoms with E-state index in [2.05, 4.69) is 6.08 Å². The Bertz CT molecular complexity index is 426.